The predicted molar refractivity (Wildman–Crippen MR) is 122 cm³/mol. The van der Waals surface area contributed by atoms with Crippen LogP contribution in [0.15, 0.2) is 48.7 Å². The van der Waals surface area contributed by atoms with Crippen LogP contribution in [0.2, 0.25) is 0 Å². The van der Waals surface area contributed by atoms with Crippen LogP contribution in [0.1, 0.15) is 56.6 Å². The molecule has 3 atom stereocenters. The number of benzene rings is 1. The zero-order valence-electron chi connectivity index (χ0n) is 17.0. The number of ether oxygens (including phenoxy) is 1. The molecule has 2 heterocycles. The van der Waals surface area contributed by atoms with Gasteiger partial charge >= 0.3 is 0 Å². The van der Waals surface area contributed by atoms with Crippen LogP contribution < -0.4 is 10.1 Å². The van der Waals surface area contributed by atoms with E-state index in [0.29, 0.717) is 5.92 Å². The first-order chi connectivity index (χ1) is 14.7. The van der Waals surface area contributed by atoms with Crippen LogP contribution in [-0.4, -0.2) is 27.2 Å². The Hall–Kier alpha value is -2.44. The van der Waals surface area contributed by atoms with E-state index >= 15 is 0 Å². The van der Waals surface area contributed by atoms with Crippen molar-refractivity contribution in [3.63, 3.8) is 0 Å². The first-order valence-corrected chi connectivity index (χ1v) is 11.7. The minimum absolute atomic E-state index is 0.0964. The van der Waals surface area contributed by atoms with E-state index < -0.39 is 0 Å². The van der Waals surface area contributed by atoms with Gasteiger partial charge in [0, 0.05) is 24.2 Å². The van der Waals surface area contributed by atoms with Gasteiger partial charge in [0.15, 0.2) is 5.13 Å². The van der Waals surface area contributed by atoms with Gasteiger partial charge in [-0.15, -0.1) is 0 Å². The van der Waals surface area contributed by atoms with Gasteiger partial charge < -0.3 is 15.2 Å². The normalized spacial score (nSPS) is 24.1. The number of hydrogen-bond acceptors (Lipinski definition) is 6. The molecule has 0 radical (unpaired) electrons. The van der Waals surface area contributed by atoms with Crippen LogP contribution >= 0.6 is 11.3 Å². The van der Waals surface area contributed by atoms with E-state index in [9.17, 15) is 5.11 Å². The number of rotatable bonds is 5. The molecule has 5 rings (SSSR count). The zero-order valence-corrected chi connectivity index (χ0v) is 17.8. The Labute approximate surface area is 180 Å². The second kappa shape index (κ2) is 8.74. The summed E-state index contributed by atoms with van der Waals surface area (Å²) >= 11 is 1.61. The molecule has 2 aromatic heterocycles. The Morgan fingerprint density at radius 2 is 1.93 bits per heavy atom. The van der Waals surface area contributed by atoms with E-state index in [-0.39, 0.29) is 12.1 Å². The Kier molecular flexibility index (Phi) is 5.69. The smallest absolute Gasteiger partial charge is 0.184 e. The quantitative estimate of drug-likeness (QED) is 0.493. The summed E-state index contributed by atoms with van der Waals surface area (Å²) in [6.45, 7) is 0. The fourth-order valence-electron chi connectivity index (χ4n) is 4.36. The van der Waals surface area contributed by atoms with Crippen LogP contribution in [0.3, 0.4) is 0 Å². The summed E-state index contributed by atoms with van der Waals surface area (Å²) in [6, 6.07) is 10.0. The maximum absolute atomic E-state index is 10.2. The van der Waals surface area contributed by atoms with Crippen LogP contribution in [0.4, 0.5) is 5.13 Å². The van der Waals surface area contributed by atoms with Gasteiger partial charge in [0.2, 0.25) is 0 Å². The summed E-state index contributed by atoms with van der Waals surface area (Å²) in [5.41, 5.74) is 2.02. The lowest BCUT2D eigenvalue weighted by Gasteiger charge is -2.27. The van der Waals surface area contributed by atoms with Crippen molar-refractivity contribution in [1.82, 2.24) is 9.97 Å². The number of thiazole rings is 1. The molecule has 2 N–H and O–H groups in total. The molecule has 5 nitrogen and oxygen atoms in total. The molecule has 0 bridgehead atoms. The third-order valence-corrected chi connectivity index (χ3v) is 6.97. The standard InChI is InChI=1S/C24H27N3O2S/c28-22-9-5-4-8-19(22)26-24-27-20-11-10-17(15-23(20)30-24)29-18-12-13-25-21(14-18)16-6-2-1-3-7-16/h2,6,10-16,19,22,28H,1,3-5,7-9H2,(H,26,27)/t16?,19-,22-/m1/s1. The molecule has 2 aliphatic rings. The molecule has 2 aliphatic carbocycles. The number of aliphatic hydroxyl groups excluding tert-OH is 1. The molecular weight excluding hydrogens is 394 g/mol. The average Bonchev–Trinajstić information content (AvgIpc) is 3.18. The number of fused-ring (bicyclic) bond motifs is 1. The number of anilines is 1. The summed E-state index contributed by atoms with van der Waals surface area (Å²) in [6.07, 6.45) is 13.7. The summed E-state index contributed by atoms with van der Waals surface area (Å²) in [5, 5.41) is 14.5. The first-order valence-electron chi connectivity index (χ1n) is 10.9. The molecule has 0 saturated heterocycles. The van der Waals surface area contributed by atoms with Crippen molar-refractivity contribution in [2.75, 3.05) is 5.32 Å². The molecule has 1 aromatic carbocycles. The van der Waals surface area contributed by atoms with Crippen molar-refractivity contribution >= 4 is 26.7 Å². The Morgan fingerprint density at radius 1 is 1.03 bits per heavy atom. The van der Waals surface area contributed by atoms with Gasteiger partial charge in [-0.3, -0.25) is 4.98 Å². The fourth-order valence-corrected chi connectivity index (χ4v) is 5.31. The number of nitrogens with zero attached hydrogens (tertiary/aromatic N) is 2. The maximum atomic E-state index is 10.2. The van der Waals surface area contributed by atoms with Crippen LogP contribution in [0.25, 0.3) is 10.2 Å². The zero-order chi connectivity index (χ0) is 20.3. The Balaban J connectivity index is 1.32. The highest BCUT2D eigenvalue weighted by molar-refractivity contribution is 7.22. The molecule has 30 heavy (non-hydrogen) atoms. The summed E-state index contributed by atoms with van der Waals surface area (Å²) < 4.78 is 7.22. The molecule has 3 aromatic rings. The van der Waals surface area contributed by atoms with Crippen molar-refractivity contribution in [2.45, 2.75) is 63.0 Å². The molecule has 0 amide bonds. The van der Waals surface area contributed by atoms with E-state index in [1.165, 1.54) is 6.42 Å². The van der Waals surface area contributed by atoms with Gasteiger partial charge in [0.1, 0.15) is 11.5 Å². The third kappa shape index (κ3) is 4.35. The van der Waals surface area contributed by atoms with Crippen molar-refractivity contribution in [3.8, 4) is 11.5 Å². The highest BCUT2D eigenvalue weighted by Gasteiger charge is 2.23. The van der Waals surface area contributed by atoms with Gasteiger partial charge in [0.05, 0.1) is 28.1 Å². The lowest BCUT2D eigenvalue weighted by molar-refractivity contribution is 0.116. The molecule has 1 saturated carbocycles. The van der Waals surface area contributed by atoms with Crippen molar-refractivity contribution in [2.24, 2.45) is 0 Å². The maximum Gasteiger partial charge on any atom is 0.184 e. The second-order valence-corrected chi connectivity index (χ2v) is 9.27. The SMILES string of the molecule is O[C@@H]1CCCC[C@H]1Nc1nc2ccc(Oc3ccnc(C4C=CCCC4)c3)cc2s1. The van der Waals surface area contributed by atoms with Crippen molar-refractivity contribution in [1.29, 1.82) is 0 Å². The van der Waals surface area contributed by atoms with E-state index in [1.54, 1.807) is 11.3 Å². The minimum atomic E-state index is -0.287. The molecule has 0 aliphatic heterocycles. The highest BCUT2D eigenvalue weighted by Crippen LogP contribution is 2.34. The molecule has 1 fully saturated rings. The van der Waals surface area contributed by atoms with E-state index in [1.807, 2.05) is 30.5 Å². The first kappa shape index (κ1) is 19.5. The predicted octanol–water partition coefficient (Wildman–Crippen LogP) is 6.02. The summed E-state index contributed by atoms with van der Waals surface area (Å²) in [7, 11) is 0. The van der Waals surface area contributed by atoms with Crippen LogP contribution in [-0.2, 0) is 0 Å². The molecule has 0 spiro atoms. The number of pyridine rings is 1. The third-order valence-electron chi connectivity index (χ3n) is 6.02. The average molecular weight is 422 g/mol. The second-order valence-electron chi connectivity index (χ2n) is 8.24. The van der Waals surface area contributed by atoms with E-state index in [4.69, 9.17) is 4.74 Å². The van der Waals surface area contributed by atoms with E-state index in [2.05, 4.69) is 33.5 Å². The van der Waals surface area contributed by atoms with Gasteiger partial charge in [-0.1, -0.05) is 36.3 Å². The van der Waals surface area contributed by atoms with Gasteiger partial charge in [-0.2, -0.15) is 0 Å². The number of nitrogens with one attached hydrogen (secondary N) is 1. The Bertz CT molecular complexity index is 1050. The molecule has 156 valence electrons. The number of hydrogen-bond donors (Lipinski definition) is 2. The lowest BCUT2D eigenvalue weighted by Crippen LogP contribution is -2.36. The van der Waals surface area contributed by atoms with Crippen LogP contribution in [0.5, 0.6) is 11.5 Å². The monoisotopic (exact) mass is 421 g/mol. The van der Waals surface area contributed by atoms with Gasteiger partial charge in [-0.25, -0.2) is 4.98 Å². The van der Waals surface area contributed by atoms with Crippen molar-refractivity contribution < 1.29 is 9.84 Å². The number of allylic oxidation sites excluding steroid dienone is 2. The minimum Gasteiger partial charge on any atom is -0.457 e. The molecule has 6 heteroatoms. The van der Waals surface area contributed by atoms with Gasteiger partial charge in [-0.05, 0) is 50.3 Å². The summed E-state index contributed by atoms with van der Waals surface area (Å²) in [5.74, 6) is 1.99. The van der Waals surface area contributed by atoms with Crippen LogP contribution in [0, 0.1) is 0 Å². The lowest BCUT2D eigenvalue weighted by atomic mass is 9.92. The Morgan fingerprint density at radius 3 is 2.80 bits per heavy atom. The molecule has 1 unspecified atom stereocenters. The van der Waals surface area contributed by atoms with Crippen molar-refractivity contribution in [3.05, 3.63) is 54.4 Å². The number of aromatic nitrogens is 2. The van der Waals surface area contributed by atoms with Gasteiger partial charge in [0.25, 0.3) is 0 Å². The fraction of sp³-hybridized carbons (Fsp3) is 0.417. The highest BCUT2D eigenvalue weighted by atomic mass is 32.1. The topological polar surface area (TPSA) is 67.3 Å². The van der Waals surface area contributed by atoms with E-state index in [0.717, 1.165) is 71.1 Å². The number of aliphatic hydroxyl groups is 1. The molecular formula is C24H27N3O2S. The largest absolute Gasteiger partial charge is 0.457 e. The summed E-state index contributed by atoms with van der Waals surface area (Å²) in [4.78, 5) is 9.24.